The Labute approximate surface area is 74.3 Å². The summed E-state index contributed by atoms with van der Waals surface area (Å²) in [6, 6.07) is 5.57. The van der Waals surface area contributed by atoms with E-state index in [1.807, 2.05) is 25.1 Å². The second-order valence-corrected chi connectivity index (χ2v) is 2.93. The SMILES string of the molecule is Cc1cccc2[nH]cc([N+](=O)[O-])c12. The van der Waals surface area contributed by atoms with Crippen LogP contribution in [0.1, 0.15) is 5.56 Å². The van der Waals surface area contributed by atoms with E-state index < -0.39 is 0 Å². The molecule has 1 aromatic heterocycles. The van der Waals surface area contributed by atoms with Gasteiger partial charge < -0.3 is 4.98 Å². The standard InChI is InChI=1S/C9H8N2O2/c1-6-3-2-4-7-9(6)8(5-10-7)11(12)13/h2-5,10H,1H3. The number of benzene rings is 1. The molecule has 0 radical (unpaired) electrons. The fourth-order valence-corrected chi connectivity index (χ4v) is 1.49. The lowest BCUT2D eigenvalue weighted by molar-refractivity contribution is -0.383. The molecule has 0 spiro atoms. The molecule has 1 N–H and O–H groups in total. The largest absolute Gasteiger partial charge is 0.355 e. The molecule has 0 atom stereocenters. The van der Waals surface area contributed by atoms with Crippen molar-refractivity contribution >= 4 is 16.6 Å². The highest BCUT2D eigenvalue weighted by atomic mass is 16.6. The third-order valence-electron chi connectivity index (χ3n) is 2.09. The van der Waals surface area contributed by atoms with Gasteiger partial charge in [-0.3, -0.25) is 10.1 Å². The molecule has 0 saturated heterocycles. The summed E-state index contributed by atoms with van der Waals surface area (Å²) in [5.41, 5.74) is 1.88. The summed E-state index contributed by atoms with van der Waals surface area (Å²) in [7, 11) is 0. The first-order valence-electron chi connectivity index (χ1n) is 3.91. The van der Waals surface area contributed by atoms with E-state index >= 15 is 0 Å². The normalized spacial score (nSPS) is 10.5. The number of hydrogen-bond donors (Lipinski definition) is 1. The van der Waals surface area contributed by atoms with E-state index in [9.17, 15) is 10.1 Å². The van der Waals surface area contributed by atoms with Crippen LogP contribution in [0.3, 0.4) is 0 Å². The highest BCUT2D eigenvalue weighted by Gasteiger charge is 2.14. The van der Waals surface area contributed by atoms with Crippen molar-refractivity contribution in [3.8, 4) is 0 Å². The Kier molecular flexibility index (Phi) is 1.55. The van der Waals surface area contributed by atoms with Gasteiger partial charge in [0.1, 0.15) is 0 Å². The van der Waals surface area contributed by atoms with Gasteiger partial charge in [-0.2, -0.15) is 0 Å². The maximum atomic E-state index is 10.6. The molecule has 0 amide bonds. The molecule has 0 fully saturated rings. The Hall–Kier alpha value is -1.84. The minimum atomic E-state index is -0.369. The minimum Gasteiger partial charge on any atom is -0.355 e. The van der Waals surface area contributed by atoms with Crippen molar-refractivity contribution in [2.24, 2.45) is 0 Å². The number of aromatic nitrogens is 1. The van der Waals surface area contributed by atoms with E-state index in [-0.39, 0.29) is 10.6 Å². The fraction of sp³-hybridized carbons (Fsp3) is 0.111. The van der Waals surface area contributed by atoms with Gasteiger partial charge in [-0.1, -0.05) is 12.1 Å². The van der Waals surface area contributed by atoms with Gasteiger partial charge in [0.25, 0.3) is 5.69 Å². The summed E-state index contributed by atoms with van der Waals surface area (Å²) in [6.45, 7) is 1.86. The molecule has 1 aromatic carbocycles. The fourth-order valence-electron chi connectivity index (χ4n) is 1.49. The third kappa shape index (κ3) is 1.07. The molecule has 1 heterocycles. The van der Waals surface area contributed by atoms with Crippen LogP contribution >= 0.6 is 0 Å². The average Bonchev–Trinajstić information content (AvgIpc) is 2.49. The zero-order valence-electron chi connectivity index (χ0n) is 7.07. The Balaban J connectivity index is 2.86. The molecule has 2 rings (SSSR count). The number of nitrogens with one attached hydrogen (secondary N) is 1. The van der Waals surface area contributed by atoms with Gasteiger partial charge in [0, 0.05) is 0 Å². The molecule has 0 aliphatic heterocycles. The van der Waals surface area contributed by atoms with Crippen LogP contribution in [-0.2, 0) is 0 Å². The van der Waals surface area contributed by atoms with Crippen molar-refractivity contribution in [3.63, 3.8) is 0 Å². The number of rotatable bonds is 1. The van der Waals surface area contributed by atoms with E-state index in [0.29, 0.717) is 5.39 Å². The molecule has 0 unspecified atom stereocenters. The Morgan fingerprint density at radius 1 is 1.46 bits per heavy atom. The van der Waals surface area contributed by atoms with Crippen molar-refractivity contribution in [2.45, 2.75) is 6.92 Å². The van der Waals surface area contributed by atoms with E-state index in [0.717, 1.165) is 11.1 Å². The van der Waals surface area contributed by atoms with Crippen LogP contribution in [0, 0.1) is 17.0 Å². The van der Waals surface area contributed by atoms with Crippen LogP contribution in [0.5, 0.6) is 0 Å². The lowest BCUT2D eigenvalue weighted by atomic mass is 10.1. The molecule has 4 nitrogen and oxygen atoms in total. The summed E-state index contributed by atoms with van der Waals surface area (Å²) < 4.78 is 0. The van der Waals surface area contributed by atoms with Crippen LogP contribution in [0.15, 0.2) is 24.4 Å². The maximum Gasteiger partial charge on any atom is 0.294 e. The second-order valence-electron chi connectivity index (χ2n) is 2.93. The molecule has 0 bridgehead atoms. The predicted molar refractivity (Wildman–Crippen MR) is 49.7 cm³/mol. The van der Waals surface area contributed by atoms with Gasteiger partial charge in [0.15, 0.2) is 0 Å². The minimum absolute atomic E-state index is 0.146. The molecular formula is C9H8N2O2. The van der Waals surface area contributed by atoms with E-state index in [4.69, 9.17) is 0 Å². The molecular weight excluding hydrogens is 168 g/mol. The predicted octanol–water partition coefficient (Wildman–Crippen LogP) is 2.38. The van der Waals surface area contributed by atoms with E-state index in [2.05, 4.69) is 4.98 Å². The second kappa shape index (κ2) is 2.58. The van der Waals surface area contributed by atoms with Gasteiger partial charge in [-0.05, 0) is 18.6 Å². The molecule has 13 heavy (non-hydrogen) atoms. The summed E-state index contributed by atoms with van der Waals surface area (Å²) in [5.74, 6) is 0. The van der Waals surface area contributed by atoms with Crippen LogP contribution < -0.4 is 0 Å². The monoisotopic (exact) mass is 176 g/mol. The number of fused-ring (bicyclic) bond motifs is 1. The zero-order chi connectivity index (χ0) is 9.42. The van der Waals surface area contributed by atoms with E-state index in [1.165, 1.54) is 6.20 Å². The van der Waals surface area contributed by atoms with E-state index in [1.54, 1.807) is 0 Å². The Morgan fingerprint density at radius 2 is 2.23 bits per heavy atom. The molecule has 66 valence electrons. The highest BCUT2D eigenvalue weighted by molar-refractivity contribution is 5.91. The Bertz CT molecular complexity index is 473. The van der Waals surface area contributed by atoms with Crippen LogP contribution in [-0.4, -0.2) is 9.91 Å². The Morgan fingerprint density at radius 3 is 2.92 bits per heavy atom. The number of H-pyrrole nitrogens is 1. The lowest BCUT2D eigenvalue weighted by Crippen LogP contribution is -1.86. The van der Waals surface area contributed by atoms with Crippen LogP contribution in [0.4, 0.5) is 5.69 Å². The van der Waals surface area contributed by atoms with Crippen molar-refractivity contribution in [1.29, 1.82) is 0 Å². The number of nitrogens with zero attached hydrogens (tertiary/aromatic N) is 1. The number of hydrogen-bond acceptors (Lipinski definition) is 2. The summed E-state index contributed by atoms with van der Waals surface area (Å²) in [6.07, 6.45) is 1.43. The molecule has 2 aromatic rings. The first-order valence-corrected chi connectivity index (χ1v) is 3.91. The van der Waals surface area contributed by atoms with Crippen molar-refractivity contribution < 1.29 is 4.92 Å². The molecule has 4 heteroatoms. The van der Waals surface area contributed by atoms with Crippen LogP contribution in [0.25, 0.3) is 10.9 Å². The molecule has 0 aliphatic rings. The smallest absolute Gasteiger partial charge is 0.294 e. The first-order chi connectivity index (χ1) is 6.20. The lowest BCUT2D eigenvalue weighted by Gasteiger charge is -1.93. The van der Waals surface area contributed by atoms with Gasteiger partial charge in [0.2, 0.25) is 0 Å². The molecule has 0 aliphatic carbocycles. The van der Waals surface area contributed by atoms with Gasteiger partial charge in [-0.25, -0.2) is 0 Å². The third-order valence-corrected chi connectivity index (χ3v) is 2.09. The maximum absolute atomic E-state index is 10.6. The van der Waals surface area contributed by atoms with Crippen LogP contribution in [0.2, 0.25) is 0 Å². The summed E-state index contributed by atoms with van der Waals surface area (Å²) in [4.78, 5) is 13.1. The zero-order valence-corrected chi connectivity index (χ0v) is 7.07. The number of aromatic amines is 1. The summed E-state index contributed by atoms with van der Waals surface area (Å²) in [5, 5.41) is 11.3. The number of aryl methyl sites for hydroxylation is 1. The van der Waals surface area contributed by atoms with Gasteiger partial charge in [-0.15, -0.1) is 0 Å². The van der Waals surface area contributed by atoms with Gasteiger partial charge >= 0.3 is 0 Å². The quantitative estimate of drug-likeness (QED) is 0.535. The van der Waals surface area contributed by atoms with Gasteiger partial charge in [0.05, 0.1) is 22.0 Å². The van der Waals surface area contributed by atoms with Crippen molar-refractivity contribution in [1.82, 2.24) is 4.98 Å². The molecule has 0 saturated carbocycles. The van der Waals surface area contributed by atoms with Crippen molar-refractivity contribution in [3.05, 3.63) is 40.1 Å². The number of nitro groups is 1. The highest BCUT2D eigenvalue weighted by Crippen LogP contribution is 2.27. The topological polar surface area (TPSA) is 58.9 Å². The first kappa shape index (κ1) is 7.79. The van der Waals surface area contributed by atoms with Crippen molar-refractivity contribution in [2.75, 3.05) is 0 Å². The summed E-state index contributed by atoms with van der Waals surface area (Å²) >= 11 is 0. The average molecular weight is 176 g/mol.